The van der Waals surface area contributed by atoms with E-state index in [-0.39, 0.29) is 18.6 Å². The van der Waals surface area contributed by atoms with Gasteiger partial charge in [-0.2, -0.15) is 12.6 Å². The summed E-state index contributed by atoms with van der Waals surface area (Å²) in [5.74, 6) is -3.30. The number of hydrogen-bond donors (Lipinski definition) is 6. The number of carboxylic acids is 1. The third-order valence-electron chi connectivity index (χ3n) is 2.52. The molecular weight excluding hydrogens is 300 g/mol. The summed E-state index contributed by atoms with van der Waals surface area (Å²) in [4.78, 5) is 45.0. The molecule has 0 aromatic carbocycles. The third-order valence-corrected chi connectivity index (χ3v) is 2.89. The van der Waals surface area contributed by atoms with E-state index in [1.54, 1.807) is 0 Å². The number of amides is 3. The molecule has 3 atom stereocenters. The topological polar surface area (TPSA) is 165 Å². The van der Waals surface area contributed by atoms with Crippen LogP contribution in [0.1, 0.15) is 19.8 Å². The molecule has 120 valence electrons. The van der Waals surface area contributed by atoms with Gasteiger partial charge in [-0.3, -0.25) is 14.4 Å². The fourth-order valence-electron chi connectivity index (χ4n) is 1.31. The van der Waals surface area contributed by atoms with Crippen LogP contribution in [0.5, 0.6) is 0 Å². The number of carbonyl (C=O) groups is 4. The quantitative estimate of drug-likeness (QED) is 0.259. The van der Waals surface area contributed by atoms with Crippen LogP contribution < -0.4 is 22.1 Å². The molecule has 7 N–H and O–H groups in total. The molecule has 0 aliphatic rings. The molecule has 0 heterocycles. The second kappa shape index (κ2) is 9.19. The highest BCUT2D eigenvalue weighted by atomic mass is 32.1. The standard InChI is InChI=1S/C11H20N4O5S/c1-5(12)9(17)15-7(4-21)10(18)14-6(11(19)20)2-3-8(13)16/h5-7,21H,2-4,12H2,1H3,(H2,13,16)(H,14,18)(H,15,17)(H,19,20)/t5-,6-,7-/m0/s1. The van der Waals surface area contributed by atoms with E-state index in [0.717, 1.165) is 0 Å². The molecule has 9 nitrogen and oxygen atoms in total. The first kappa shape index (κ1) is 19.2. The van der Waals surface area contributed by atoms with Crippen LogP contribution in [0.15, 0.2) is 0 Å². The van der Waals surface area contributed by atoms with Crippen LogP contribution >= 0.6 is 12.6 Å². The van der Waals surface area contributed by atoms with Crippen LogP contribution in [0.25, 0.3) is 0 Å². The summed E-state index contributed by atoms with van der Waals surface area (Å²) in [6.45, 7) is 1.44. The predicted molar refractivity (Wildman–Crippen MR) is 77.4 cm³/mol. The average Bonchev–Trinajstić information content (AvgIpc) is 2.39. The Morgan fingerprint density at radius 1 is 1.14 bits per heavy atom. The first-order valence-electron chi connectivity index (χ1n) is 6.17. The van der Waals surface area contributed by atoms with E-state index in [2.05, 4.69) is 23.3 Å². The van der Waals surface area contributed by atoms with Crippen LogP contribution in [0.3, 0.4) is 0 Å². The SMILES string of the molecule is C[C@H](N)C(=O)N[C@@H](CS)C(=O)N[C@@H](CCC(N)=O)C(=O)O. The summed E-state index contributed by atoms with van der Waals surface area (Å²) in [6.07, 6.45) is -0.327. The molecule has 10 heteroatoms. The monoisotopic (exact) mass is 320 g/mol. The van der Waals surface area contributed by atoms with Gasteiger partial charge in [-0.1, -0.05) is 0 Å². The van der Waals surface area contributed by atoms with E-state index in [1.165, 1.54) is 6.92 Å². The van der Waals surface area contributed by atoms with Gasteiger partial charge in [-0.05, 0) is 13.3 Å². The van der Waals surface area contributed by atoms with Gasteiger partial charge in [0.2, 0.25) is 17.7 Å². The van der Waals surface area contributed by atoms with Crippen LogP contribution in [-0.4, -0.2) is 52.7 Å². The average molecular weight is 320 g/mol. The number of nitrogens with two attached hydrogens (primary N) is 2. The molecule has 0 aromatic rings. The van der Waals surface area contributed by atoms with Crippen molar-refractivity contribution in [3.8, 4) is 0 Å². The zero-order valence-electron chi connectivity index (χ0n) is 11.5. The van der Waals surface area contributed by atoms with Gasteiger partial charge in [0, 0.05) is 12.2 Å². The van der Waals surface area contributed by atoms with Gasteiger partial charge in [0.05, 0.1) is 6.04 Å². The van der Waals surface area contributed by atoms with Gasteiger partial charge in [-0.15, -0.1) is 0 Å². The van der Waals surface area contributed by atoms with E-state index in [4.69, 9.17) is 16.6 Å². The Morgan fingerprint density at radius 3 is 2.05 bits per heavy atom. The van der Waals surface area contributed by atoms with Crippen molar-refractivity contribution >= 4 is 36.3 Å². The van der Waals surface area contributed by atoms with Crippen molar-refractivity contribution in [1.29, 1.82) is 0 Å². The molecular formula is C11H20N4O5S. The highest BCUT2D eigenvalue weighted by Crippen LogP contribution is 1.99. The first-order valence-corrected chi connectivity index (χ1v) is 6.80. The van der Waals surface area contributed by atoms with Gasteiger partial charge >= 0.3 is 5.97 Å². The maximum Gasteiger partial charge on any atom is 0.326 e. The Hall–Kier alpha value is -1.81. The lowest BCUT2D eigenvalue weighted by molar-refractivity contribution is -0.142. The minimum Gasteiger partial charge on any atom is -0.480 e. The van der Waals surface area contributed by atoms with E-state index >= 15 is 0 Å². The molecule has 0 saturated heterocycles. The number of carboxylic acid groups (broad SMARTS) is 1. The second-order valence-electron chi connectivity index (χ2n) is 4.44. The van der Waals surface area contributed by atoms with Crippen molar-refractivity contribution in [3.05, 3.63) is 0 Å². The first-order chi connectivity index (χ1) is 9.68. The molecule has 0 unspecified atom stereocenters. The molecule has 0 aromatic heterocycles. The molecule has 0 aliphatic heterocycles. The molecule has 3 amide bonds. The lowest BCUT2D eigenvalue weighted by atomic mass is 10.1. The number of primary amides is 1. The van der Waals surface area contributed by atoms with E-state index in [1.807, 2.05) is 0 Å². The zero-order valence-corrected chi connectivity index (χ0v) is 12.4. The molecule has 0 aliphatic carbocycles. The molecule has 0 fully saturated rings. The molecule has 0 rings (SSSR count). The van der Waals surface area contributed by atoms with E-state index in [0.29, 0.717) is 0 Å². The van der Waals surface area contributed by atoms with Gasteiger partial charge in [0.25, 0.3) is 0 Å². The second-order valence-corrected chi connectivity index (χ2v) is 4.80. The summed E-state index contributed by atoms with van der Waals surface area (Å²) in [6, 6.07) is -3.12. The van der Waals surface area contributed by atoms with Crippen LogP contribution in [0.2, 0.25) is 0 Å². The van der Waals surface area contributed by atoms with Crippen molar-refractivity contribution in [3.63, 3.8) is 0 Å². The highest BCUT2D eigenvalue weighted by Gasteiger charge is 2.26. The Balaban J connectivity index is 4.66. The van der Waals surface area contributed by atoms with Gasteiger partial charge in [-0.25, -0.2) is 4.79 Å². The van der Waals surface area contributed by atoms with Crippen molar-refractivity contribution in [2.75, 3.05) is 5.75 Å². The van der Waals surface area contributed by atoms with E-state index < -0.39 is 41.8 Å². The fraction of sp³-hybridized carbons (Fsp3) is 0.636. The summed E-state index contributed by atoms with van der Waals surface area (Å²) in [5, 5.41) is 13.5. The Bertz CT molecular complexity index is 415. The van der Waals surface area contributed by atoms with Gasteiger partial charge < -0.3 is 27.2 Å². The summed E-state index contributed by atoms with van der Waals surface area (Å²) < 4.78 is 0. The number of thiol groups is 1. The minimum absolute atomic E-state index is 0.0353. The summed E-state index contributed by atoms with van der Waals surface area (Å²) in [5.41, 5.74) is 10.3. The summed E-state index contributed by atoms with van der Waals surface area (Å²) >= 11 is 3.92. The van der Waals surface area contributed by atoms with Crippen molar-refractivity contribution < 1.29 is 24.3 Å². The van der Waals surface area contributed by atoms with E-state index in [9.17, 15) is 19.2 Å². The normalized spacial score (nSPS) is 14.6. The molecule has 0 saturated carbocycles. The van der Waals surface area contributed by atoms with Crippen LogP contribution in [-0.2, 0) is 19.2 Å². The number of hydrogen-bond acceptors (Lipinski definition) is 6. The maximum absolute atomic E-state index is 11.9. The Labute approximate surface area is 127 Å². The molecule has 0 radical (unpaired) electrons. The predicted octanol–water partition coefficient (Wildman–Crippen LogP) is -2.42. The lowest BCUT2D eigenvalue weighted by Gasteiger charge is -2.20. The Morgan fingerprint density at radius 2 is 1.67 bits per heavy atom. The van der Waals surface area contributed by atoms with Gasteiger partial charge in [0.15, 0.2) is 0 Å². The van der Waals surface area contributed by atoms with Gasteiger partial charge in [0.1, 0.15) is 12.1 Å². The lowest BCUT2D eigenvalue weighted by Crippen LogP contribution is -2.54. The minimum atomic E-state index is -1.30. The van der Waals surface area contributed by atoms with Crippen molar-refractivity contribution in [2.24, 2.45) is 11.5 Å². The largest absolute Gasteiger partial charge is 0.480 e. The summed E-state index contributed by atoms with van der Waals surface area (Å²) in [7, 11) is 0. The number of rotatable bonds is 9. The zero-order chi connectivity index (χ0) is 16.6. The highest BCUT2D eigenvalue weighted by molar-refractivity contribution is 7.80. The van der Waals surface area contributed by atoms with Crippen LogP contribution in [0.4, 0.5) is 0 Å². The smallest absolute Gasteiger partial charge is 0.326 e. The third kappa shape index (κ3) is 7.51. The molecule has 0 bridgehead atoms. The number of carbonyl (C=O) groups excluding carboxylic acids is 3. The van der Waals surface area contributed by atoms with Crippen molar-refractivity contribution in [1.82, 2.24) is 10.6 Å². The van der Waals surface area contributed by atoms with Crippen molar-refractivity contribution in [2.45, 2.75) is 37.9 Å². The number of nitrogens with one attached hydrogen (secondary N) is 2. The Kier molecular flexibility index (Phi) is 8.39. The number of aliphatic carboxylic acids is 1. The molecule has 21 heavy (non-hydrogen) atoms. The maximum atomic E-state index is 11.9. The molecule has 0 spiro atoms. The fourth-order valence-corrected chi connectivity index (χ4v) is 1.57. The van der Waals surface area contributed by atoms with Crippen LogP contribution in [0, 0.1) is 0 Å².